The van der Waals surface area contributed by atoms with Crippen LogP contribution >= 0.6 is 35.7 Å². The lowest BCUT2D eigenvalue weighted by Crippen LogP contribution is -2.69. The number of β-lactam (4-membered cyclic amide) rings is 1. The van der Waals surface area contributed by atoms with E-state index in [1.807, 2.05) is 12.2 Å². The Bertz CT molecular complexity index is 589. The number of ether oxygens (including phenoxy) is 1. The highest BCUT2D eigenvalue weighted by molar-refractivity contribution is 14.0. The number of quaternary nitrogens is 1. The largest absolute Gasteiger partial charge is 0.543 e. The molecule has 3 aliphatic rings. The van der Waals surface area contributed by atoms with Crippen molar-refractivity contribution in [2.75, 3.05) is 45.6 Å². The number of carboxylic acids is 1. The molecule has 134 valence electrons. The summed E-state index contributed by atoms with van der Waals surface area (Å²) in [5, 5.41) is 11.2. The SMILES string of the molecule is C[N+]1(C/C=C/C2=C(C(=O)[O-])N3C(=O)[C@@H](N)[C@H]3SC2)CCOCC1.I. The second-order valence-corrected chi connectivity index (χ2v) is 7.47. The first-order valence-electron chi connectivity index (χ1n) is 7.65. The number of morpholine rings is 1. The van der Waals surface area contributed by atoms with Gasteiger partial charge >= 0.3 is 0 Å². The van der Waals surface area contributed by atoms with E-state index < -0.39 is 12.0 Å². The van der Waals surface area contributed by atoms with Crippen LogP contribution in [-0.2, 0) is 14.3 Å². The van der Waals surface area contributed by atoms with Crippen LogP contribution in [0.25, 0.3) is 0 Å². The maximum Gasteiger partial charge on any atom is 0.248 e. The number of likely N-dealkylation sites (N-methyl/N-ethyl adjacent to an activating group) is 1. The number of nitrogens with two attached hydrogens (primary N) is 1. The standard InChI is InChI=1S/C15H21N3O4S.HI/c1-18(5-7-22-8-6-18)4-2-3-10-9-23-14-11(16)13(19)17(14)12(10)15(20)21;/h2-3,11,14H,4-9,16H2,1H3;1H/b3-2+;/t11-,14-;/m1./s1. The molecule has 3 rings (SSSR count). The molecule has 0 aromatic rings. The minimum atomic E-state index is -1.32. The van der Waals surface area contributed by atoms with Crippen LogP contribution in [0.3, 0.4) is 0 Å². The number of carbonyl (C=O) groups is 2. The van der Waals surface area contributed by atoms with Gasteiger partial charge < -0.3 is 24.9 Å². The van der Waals surface area contributed by atoms with Crippen LogP contribution in [-0.4, -0.2) is 78.3 Å². The molecule has 0 aliphatic carbocycles. The van der Waals surface area contributed by atoms with Crippen molar-refractivity contribution in [1.82, 2.24) is 4.90 Å². The zero-order valence-corrected chi connectivity index (χ0v) is 16.6. The van der Waals surface area contributed by atoms with E-state index in [-0.39, 0.29) is 41.0 Å². The van der Waals surface area contributed by atoms with E-state index >= 15 is 0 Å². The van der Waals surface area contributed by atoms with Gasteiger partial charge in [0.2, 0.25) is 5.91 Å². The van der Waals surface area contributed by atoms with Gasteiger partial charge in [0.25, 0.3) is 0 Å². The van der Waals surface area contributed by atoms with E-state index in [0.29, 0.717) is 11.3 Å². The number of aliphatic carboxylic acids is 1. The van der Waals surface area contributed by atoms with Gasteiger partial charge in [0.15, 0.2) is 0 Å². The monoisotopic (exact) mass is 467 g/mol. The number of thioether (sulfide) groups is 1. The molecule has 0 unspecified atom stereocenters. The molecule has 3 heterocycles. The lowest BCUT2D eigenvalue weighted by Gasteiger charge is -2.49. The van der Waals surface area contributed by atoms with E-state index in [2.05, 4.69) is 7.05 Å². The van der Waals surface area contributed by atoms with Crippen molar-refractivity contribution in [1.29, 1.82) is 0 Å². The summed E-state index contributed by atoms with van der Waals surface area (Å²) in [5.74, 6) is -1.14. The molecule has 2 saturated heterocycles. The Morgan fingerprint density at radius 3 is 2.79 bits per heavy atom. The number of nitrogens with zero attached hydrogens (tertiary/aromatic N) is 2. The van der Waals surface area contributed by atoms with Crippen LogP contribution in [0, 0.1) is 0 Å². The molecule has 2 atom stereocenters. The van der Waals surface area contributed by atoms with Crippen molar-refractivity contribution < 1.29 is 23.9 Å². The Balaban J connectivity index is 0.00000208. The normalized spacial score (nSPS) is 29.1. The molecule has 3 aliphatic heterocycles. The molecule has 0 aromatic heterocycles. The maximum absolute atomic E-state index is 11.8. The zero-order valence-electron chi connectivity index (χ0n) is 13.5. The summed E-state index contributed by atoms with van der Waals surface area (Å²) in [4.78, 5) is 24.6. The fraction of sp³-hybridized carbons (Fsp3) is 0.600. The molecule has 7 nitrogen and oxygen atoms in total. The number of carboxylic acid groups (broad SMARTS) is 1. The van der Waals surface area contributed by atoms with Crippen LogP contribution in [0.1, 0.15) is 0 Å². The fourth-order valence-corrected chi connectivity index (χ4v) is 4.34. The molecule has 2 fully saturated rings. The molecule has 0 saturated carbocycles. The minimum Gasteiger partial charge on any atom is -0.543 e. The Morgan fingerprint density at radius 2 is 2.17 bits per heavy atom. The molecular formula is C15H22IN3O4S. The molecule has 24 heavy (non-hydrogen) atoms. The Hall–Kier alpha value is -0.620. The van der Waals surface area contributed by atoms with Crippen molar-refractivity contribution in [3.05, 3.63) is 23.4 Å². The number of hydrogen-bond acceptors (Lipinski definition) is 6. The molecule has 0 radical (unpaired) electrons. The third-order valence-electron chi connectivity index (χ3n) is 4.65. The van der Waals surface area contributed by atoms with Gasteiger partial charge in [-0.3, -0.25) is 9.69 Å². The summed E-state index contributed by atoms with van der Waals surface area (Å²) in [6, 6.07) is -0.613. The van der Waals surface area contributed by atoms with Gasteiger partial charge in [-0.25, -0.2) is 0 Å². The summed E-state index contributed by atoms with van der Waals surface area (Å²) < 4.78 is 6.24. The number of fused-ring (bicyclic) bond motifs is 1. The van der Waals surface area contributed by atoms with Crippen LogP contribution in [0.5, 0.6) is 0 Å². The summed E-state index contributed by atoms with van der Waals surface area (Å²) in [5.41, 5.74) is 6.31. The second kappa shape index (κ2) is 7.73. The highest BCUT2D eigenvalue weighted by atomic mass is 127. The third-order valence-corrected chi connectivity index (χ3v) is 5.97. The van der Waals surface area contributed by atoms with E-state index in [0.717, 1.165) is 37.3 Å². The highest BCUT2D eigenvalue weighted by Crippen LogP contribution is 2.39. The number of amides is 1. The van der Waals surface area contributed by atoms with Crippen molar-refractivity contribution in [2.45, 2.75) is 11.4 Å². The number of rotatable bonds is 4. The lowest BCUT2D eigenvalue weighted by molar-refractivity contribution is -0.911. The van der Waals surface area contributed by atoms with E-state index in [4.69, 9.17) is 10.5 Å². The van der Waals surface area contributed by atoms with Crippen LogP contribution in [0.4, 0.5) is 0 Å². The Kier molecular flexibility index (Phi) is 6.35. The van der Waals surface area contributed by atoms with Crippen LogP contribution < -0.4 is 10.8 Å². The van der Waals surface area contributed by atoms with E-state index in [9.17, 15) is 14.7 Å². The topological polar surface area (TPSA) is 95.7 Å². The molecule has 0 spiro atoms. The third kappa shape index (κ3) is 3.64. The first kappa shape index (κ1) is 19.7. The average molecular weight is 467 g/mol. The molecular weight excluding hydrogens is 445 g/mol. The highest BCUT2D eigenvalue weighted by Gasteiger charge is 2.49. The summed E-state index contributed by atoms with van der Waals surface area (Å²) >= 11 is 1.49. The van der Waals surface area contributed by atoms with Crippen LogP contribution in [0.2, 0.25) is 0 Å². The minimum absolute atomic E-state index is 0. The second-order valence-electron chi connectivity index (χ2n) is 6.36. The lowest BCUT2D eigenvalue weighted by atomic mass is 10.0. The maximum atomic E-state index is 11.8. The average Bonchev–Trinajstić information content (AvgIpc) is 2.53. The van der Waals surface area contributed by atoms with Crippen molar-refractivity contribution in [3.8, 4) is 0 Å². The number of hydrogen-bond donors (Lipinski definition) is 1. The Morgan fingerprint density at radius 1 is 1.50 bits per heavy atom. The number of halogens is 1. The van der Waals surface area contributed by atoms with Crippen molar-refractivity contribution in [2.24, 2.45) is 5.73 Å². The van der Waals surface area contributed by atoms with Crippen LogP contribution in [0.15, 0.2) is 23.4 Å². The van der Waals surface area contributed by atoms with Crippen molar-refractivity contribution in [3.63, 3.8) is 0 Å². The molecule has 1 amide bonds. The van der Waals surface area contributed by atoms with Gasteiger partial charge in [-0.1, -0.05) is 6.08 Å². The van der Waals surface area contributed by atoms with Gasteiger partial charge in [-0.2, -0.15) is 0 Å². The first-order valence-corrected chi connectivity index (χ1v) is 8.70. The number of allylic oxidation sites excluding steroid dienone is 1. The van der Waals surface area contributed by atoms with Gasteiger partial charge in [-0.05, 0) is 11.6 Å². The smallest absolute Gasteiger partial charge is 0.248 e. The molecule has 2 N–H and O–H groups in total. The van der Waals surface area contributed by atoms with Gasteiger partial charge in [0, 0.05) is 5.75 Å². The van der Waals surface area contributed by atoms with Gasteiger partial charge in [0.1, 0.15) is 24.5 Å². The first-order chi connectivity index (χ1) is 10.9. The molecule has 0 aromatic carbocycles. The Labute approximate surface area is 162 Å². The fourth-order valence-electron chi connectivity index (χ4n) is 3.07. The summed E-state index contributed by atoms with van der Waals surface area (Å²) in [6.07, 6.45) is 3.79. The molecule has 0 bridgehead atoms. The van der Waals surface area contributed by atoms with Gasteiger partial charge in [-0.15, -0.1) is 35.7 Å². The summed E-state index contributed by atoms with van der Waals surface area (Å²) in [7, 11) is 2.16. The van der Waals surface area contributed by atoms with Crippen molar-refractivity contribution >= 4 is 47.6 Å². The van der Waals surface area contributed by atoms with E-state index in [1.165, 1.54) is 16.7 Å². The quantitative estimate of drug-likeness (QED) is 0.320. The predicted octanol–water partition coefficient (Wildman–Crippen LogP) is -1.12. The zero-order chi connectivity index (χ0) is 16.6. The summed E-state index contributed by atoms with van der Waals surface area (Å²) in [6.45, 7) is 4.17. The predicted molar refractivity (Wildman–Crippen MR) is 99.3 cm³/mol. The van der Waals surface area contributed by atoms with Gasteiger partial charge in [0.05, 0.1) is 38.5 Å². The number of carbonyl (C=O) groups excluding carboxylic acids is 2. The van der Waals surface area contributed by atoms with E-state index in [1.54, 1.807) is 0 Å². The molecule has 9 heteroatoms.